The van der Waals surface area contributed by atoms with Crippen LogP contribution >= 0.6 is 24.8 Å². The van der Waals surface area contributed by atoms with E-state index >= 15 is 0 Å². The van der Waals surface area contributed by atoms with Gasteiger partial charge in [-0.2, -0.15) is 0 Å². The van der Waals surface area contributed by atoms with Crippen LogP contribution in [0.2, 0.25) is 0 Å². The number of carbonyl (C=O) groups excluding carboxylic acids is 2. The van der Waals surface area contributed by atoms with Crippen LogP contribution < -0.4 is 10.6 Å². The molecular weight excluding hydrogens is 428 g/mol. The van der Waals surface area contributed by atoms with Crippen LogP contribution in [0.5, 0.6) is 0 Å². The lowest BCUT2D eigenvalue weighted by atomic mass is 9.94. The molecule has 0 aromatic heterocycles. The number of nitrogens with zero attached hydrogens (tertiary/aromatic N) is 2. The smallest absolute Gasteiger partial charge is 0.227 e. The van der Waals surface area contributed by atoms with Gasteiger partial charge < -0.3 is 15.5 Å². The highest BCUT2D eigenvalue weighted by molar-refractivity contribution is 5.94. The molecule has 0 bridgehead atoms. The van der Waals surface area contributed by atoms with Crippen molar-refractivity contribution in [3.8, 4) is 0 Å². The van der Waals surface area contributed by atoms with E-state index in [1.165, 1.54) is 13.0 Å². The fourth-order valence-corrected chi connectivity index (χ4v) is 3.56. The molecule has 8 heteroatoms. The highest BCUT2D eigenvalue weighted by Gasteiger charge is 2.29. The Kier molecular flexibility index (Phi) is 9.75. The minimum Gasteiger partial charge on any atom is -0.366 e. The third kappa shape index (κ3) is 5.72. The highest BCUT2D eigenvalue weighted by atomic mass is 35.5. The van der Waals surface area contributed by atoms with Crippen LogP contribution in [0.3, 0.4) is 0 Å². The van der Waals surface area contributed by atoms with Crippen LogP contribution in [0.1, 0.15) is 35.8 Å². The van der Waals surface area contributed by atoms with E-state index in [2.05, 4.69) is 0 Å². The molecule has 1 amide bonds. The molecule has 2 aromatic carbocycles. The van der Waals surface area contributed by atoms with Crippen molar-refractivity contribution in [2.75, 3.05) is 31.1 Å². The zero-order valence-corrected chi connectivity index (χ0v) is 18.7. The molecule has 1 fully saturated rings. The van der Waals surface area contributed by atoms with E-state index in [4.69, 9.17) is 5.73 Å². The first kappa shape index (κ1) is 25.9. The Balaban J connectivity index is 0.00000225. The van der Waals surface area contributed by atoms with E-state index in [1.54, 1.807) is 17.0 Å². The summed E-state index contributed by atoms with van der Waals surface area (Å²) in [5, 5.41) is 0. The third-order valence-electron chi connectivity index (χ3n) is 5.40. The minimum atomic E-state index is -0.410. The van der Waals surface area contributed by atoms with Gasteiger partial charge in [-0.15, -0.1) is 24.8 Å². The summed E-state index contributed by atoms with van der Waals surface area (Å²) in [6.07, 6.45) is 0. The Bertz CT molecular complexity index is 859. The number of nitrogens with two attached hydrogens (primary N) is 1. The van der Waals surface area contributed by atoms with Gasteiger partial charge in [0, 0.05) is 37.8 Å². The van der Waals surface area contributed by atoms with Gasteiger partial charge in [-0.05, 0) is 30.7 Å². The average molecular weight is 456 g/mol. The first-order valence-corrected chi connectivity index (χ1v) is 9.53. The van der Waals surface area contributed by atoms with Crippen molar-refractivity contribution in [3.05, 3.63) is 65.5 Å². The summed E-state index contributed by atoms with van der Waals surface area (Å²) in [6.45, 7) is 5.37. The molecule has 1 aliphatic rings. The van der Waals surface area contributed by atoms with Gasteiger partial charge in [-0.1, -0.05) is 37.3 Å². The van der Waals surface area contributed by atoms with Gasteiger partial charge in [0.15, 0.2) is 5.78 Å². The monoisotopic (exact) mass is 455 g/mol. The van der Waals surface area contributed by atoms with Crippen molar-refractivity contribution in [3.63, 3.8) is 0 Å². The van der Waals surface area contributed by atoms with Crippen molar-refractivity contribution < 1.29 is 14.0 Å². The predicted molar refractivity (Wildman–Crippen MR) is 122 cm³/mol. The summed E-state index contributed by atoms with van der Waals surface area (Å²) in [6, 6.07) is 13.8. The second kappa shape index (κ2) is 11.3. The lowest BCUT2D eigenvalue weighted by molar-refractivity contribution is -0.136. The number of halogens is 3. The maximum atomic E-state index is 14.4. The molecule has 0 spiro atoms. The second-order valence-electron chi connectivity index (χ2n) is 7.26. The van der Waals surface area contributed by atoms with E-state index < -0.39 is 5.82 Å². The number of ketones is 1. The molecule has 5 nitrogen and oxygen atoms in total. The Morgan fingerprint density at radius 1 is 1.00 bits per heavy atom. The van der Waals surface area contributed by atoms with E-state index in [-0.39, 0.29) is 48.5 Å². The van der Waals surface area contributed by atoms with Gasteiger partial charge in [0.2, 0.25) is 5.91 Å². The summed E-state index contributed by atoms with van der Waals surface area (Å²) >= 11 is 0. The first-order chi connectivity index (χ1) is 13.4. The average Bonchev–Trinajstić information content (AvgIpc) is 2.72. The van der Waals surface area contributed by atoms with Crippen LogP contribution in [-0.2, 0) is 4.79 Å². The van der Waals surface area contributed by atoms with Gasteiger partial charge in [0.05, 0.1) is 11.6 Å². The van der Waals surface area contributed by atoms with Gasteiger partial charge >= 0.3 is 0 Å². The molecule has 2 aromatic rings. The van der Waals surface area contributed by atoms with E-state index in [9.17, 15) is 14.0 Å². The van der Waals surface area contributed by atoms with Crippen molar-refractivity contribution in [1.29, 1.82) is 0 Å². The van der Waals surface area contributed by atoms with Gasteiger partial charge in [-0.25, -0.2) is 4.39 Å². The third-order valence-corrected chi connectivity index (χ3v) is 5.40. The fraction of sp³-hybridized carbons (Fsp3) is 0.364. The zero-order valence-electron chi connectivity index (χ0n) is 17.1. The van der Waals surface area contributed by atoms with Crippen molar-refractivity contribution in [2.45, 2.75) is 19.9 Å². The molecule has 2 N–H and O–H groups in total. The second-order valence-corrected chi connectivity index (χ2v) is 7.26. The number of hydrogen-bond acceptors (Lipinski definition) is 4. The summed E-state index contributed by atoms with van der Waals surface area (Å²) in [5.74, 6) is -0.888. The zero-order chi connectivity index (χ0) is 20.3. The molecular formula is C22H28Cl2FN3O2. The lowest BCUT2D eigenvalue weighted by Gasteiger charge is -2.38. The number of anilines is 1. The van der Waals surface area contributed by atoms with Gasteiger partial charge in [0.1, 0.15) is 5.82 Å². The molecule has 1 aliphatic heterocycles. The molecule has 0 aliphatic carbocycles. The SMILES string of the molecule is CC(=O)c1ccc(N2CCN(C(=O)C(C)C(N)c3ccccc3)CC2)c(F)c1.Cl.Cl. The lowest BCUT2D eigenvalue weighted by Crippen LogP contribution is -2.51. The summed E-state index contributed by atoms with van der Waals surface area (Å²) in [7, 11) is 0. The summed E-state index contributed by atoms with van der Waals surface area (Å²) < 4.78 is 14.4. The number of rotatable bonds is 5. The molecule has 0 radical (unpaired) electrons. The first-order valence-electron chi connectivity index (χ1n) is 9.53. The molecule has 1 saturated heterocycles. The van der Waals surface area contributed by atoms with Gasteiger partial charge in [0.25, 0.3) is 0 Å². The normalized spacial score (nSPS) is 15.5. The number of piperazine rings is 1. The topological polar surface area (TPSA) is 66.6 Å². The van der Waals surface area contributed by atoms with Crippen LogP contribution in [0.15, 0.2) is 48.5 Å². The molecule has 0 saturated carbocycles. The molecule has 3 rings (SSSR count). The Morgan fingerprint density at radius 2 is 1.60 bits per heavy atom. The maximum absolute atomic E-state index is 14.4. The quantitative estimate of drug-likeness (QED) is 0.695. The number of carbonyl (C=O) groups is 2. The van der Waals surface area contributed by atoms with E-state index in [0.29, 0.717) is 37.4 Å². The highest BCUT2D eigenvalue weighted by Crippen LogP contribution is 2.25. The Labute approximate surface area is 189 Å². The van der Waals surface area contributed by atoms with Gasteiger partial charge in [-0.3, -0.25) is 9.59 Å². The fourth-order valence-electron chi connectivity index (χ4n) is 3.56. The molecule has 2 unspecified atom stereocenters. The number of hydrogen-bond donors (Lipinski definition) is 1. The van der Waals surface area contributed by atoms with Crippen LogP contribution in [-0.4, -0.2) is 42.8 Å². The molecule has 2 atom stereocenters. The largest absolute Gasteiger partial charge is 0.366 e. The van der Waals surface area contributed by atoms with Crippen LogP contribution in [0.25, 0.3) is 0 Å². The molecule has 164 valence electrons. The van der Waals surface area contributed by atoms with E-state index in [1.807, 2.05) is 42.2 Å². The standard InChI is InChI=1S/C22H26FN3O2.2ClH/c1-15(21(24)17-6-4-3-5-7-17)22(28)26-12-10-25(11-13-26)20-9-8-18(16(2)27)14-19(20)23;;/h3-9,14-15,21H,10-13,24H2,1-2H3;2*1H. The van der Waals surface area contributed by atoms with Crippen molar-refractivity contribution in [2.24, 2.45) is 11.7 Å². The summed E-state index contributed by atoms with van der Waals surface area (Å²) in [5.41, 5.74) is 8.05. The van der Waals surface area contributed by atoms with Crippen molar-refractivity contribution in [1.82, 2.24) is 4.90 Å². The van der Waals surface area contributed by atoms with Crippen LogP contribution in [0, 0.1) is 11.7 Å². The Hall–Kier alpha value is -2.15. The molecule has 1 heterocycles. The number of benzene rings is 2. The van der Waals surface area contributed by atoms with E-state index in [0.717, 1.165) is 5.56 Å². The summed E-state index contributed by atoms with van der Waals surface area (Å²) in [4.78, 5) is 28.0. The minimum absolute atomic E-state index is 0. The number of Topliss-reactive ketones (excluding diaryl/α,β-unsaturated/α-hetero) is 1. The van der Waals surface area contributed by atoms with Crippen LogP contribution in [0.4, 0.5) is 10.1 Å². The Morgan fingerprint density at radius 3 is 2.13 bits per heavy atom. The van der Waals surface area contributed by atoms with Crippen molar-refractivity contribution >= 4 is 42.2 Å². The molecule has 30 heavy (non-hydrogen) atoms. The maximum Gasteiger partial charge on any atom is 0.227 e. The number of amides is 1. The predicted octanol–water partition coefficient (Wildman–Crippen LogP) is 3.86.